The summed E-state index contributed by atoms with van der Waals surface area (Å²) in [6.07, 6.45) is 6.41. The highest BCUT2D eigenvalue weighted by Crippen LogP contribution is 2.12. The molecule has 2 atom stereocenters. The molecule has 0 aliphatic rings. The molecule has 37 heavy (non-hydrogen) atoms. The zero-order chi connectivity index (χ0) is 28.5. The summed E-state index contributed by atoms with van der Waals surface area (Å²) in [5.41, 5.74) is 4.81. The molecule has 2 unspecified atom stereocenters. The second-order valence-corrected chi connectivity index (χ2v) is 11.4. The number of amides is 3. The van der Waals surface area contributed by atoms with Crippen LogP contribution in [0.3, 0.4) is 0 Å². The fraction of sp³-hybridized carbons (Fsp3) is 0.852. The van der Waals surface area contributed by atoms with Crippen molar-refractivity contribution in [3.05, 3.63) is 0 Å². The average molecular weight is 529 g/mol. The molecule has 216 valence electrons. The van der Waals surface area contributed by atoms with E-state index in [1.807, 2.05) is 0 Å². The summed E-state index contributed by atoms with van der Waals surface area (Å²) in [5.74, 6) is -0.879. The Bertz CT molecular complexity index is 700. The van der Waals surface area contributed by atoms with Crippen molar-refractivity contribution in [1.82, 2.24) is 16.0 Å². The highest BCUT2D eigenvalue weighted by atomic mass is 16.6. The lowest BCUT2D eigenvalue weighted by Gasteiger charge is -2.25. The molecule has 0 aromatic heterocycles. The SMILES string of the molecule is CCCCCC(=O)NCCCCC(NC(=O)C(N)CCCCNC(=O)OC(C)(C)C)C(=O)OC(C)(C)C. The maximum Gasteiger partial charge on any atom is 0.407 e. The smallest absolute Gasteiger partial charge is 0.407 e. The molecule has 0 fully saturated rings. The molecule has 0 radical (unpaired) electrons. The second-order valence-electron chi connectivity index (χ2n) is 11.4. The lowest BCUT2D eigenvalue weighted by atomic mass is 10.1. The van der Waals surface area contributed by atoms with Crippen molar-refractivity contribution in [1.29, 1.82) is 0 Å². The fourth-order valence-corrected chi connectivity index (χ4v) is 3.35. The molecule has 10 heteroatoms. The Hall–Kier alpha value is -2.36. The molecule has 3 amide bonds. The van der Waals surface area contributed by atoms with Gasteiger partial charge in [0.05, 0.1) is 6.04 Å². The van der Waals surface area contributed by atoms with Crippen molar-refractivity contribution in [3.8, 4) is 0 Å². The summed E-state index contributed by atoms with van der Waals surface area (Å²) in [5, 5.41) is 8.31. The minimum atomic E-state index is -0.813. The standard InChI is InChI=1S/C27H52N4O6/c1-8-9-10-17-22(32)29-18-14-12-16-21(24(34)36-26(2,3)4)31-23(33)20(28)15-11-13-19-30-25(35)37-27(5,6)7/h20-21H,8-19,28H2,1-7H3,(H,29,32)(H,30,35)(H,31,33). The van der Waals surface area contributed by atoms with Crippen LogP contribution in [0.25, 0.3) is 0 Å². The summed E-state index contributed by atoms with van der Waals surface area (Å²) in [6, 6.07) is -1.60. The van der Waals surface area contributed by atoms with Gasteiger partial charge in [-0.1, -0.05) is 19.8 Å². The maximum absolute atomic E-state index is 12.7. The van der Waals surface area contributed by atoms with Crippen LogP contribution in [0.5, 0.6) is 0 Å². The van der Waals surface area contributed by atoms with E-state index in [4.69, 9.17) is 15.2 Å². The minimum absolute atomic E-state index is 0.0395. The lowest BCUT2D eigenvalue weighted by molar-refractivity contribution is -0.159. The first-order valence-corrected chi connectivity index (χ1v) is 13.7. The average Bonchev–Trinajstić information content (AvgIpc) is 2.75. The summed E-state index contributed by atoms with van der Waals surface area (Å²) in [7, 11) is 0. The number of nitrogens with two attached hydrogens (primary N) is 1. The monoisotopic (exact) mass is 528 g/mol. The van der Waals surface area contributed by atoms with Gasteiger partial charge in [-0.25, -0.2) is 9.59 Å². The number of esters is 1. The largest absolute Gasteiger partial charge is 0.458 e. The molecule has 10 nitrogen and oxygen atoms in total. The van der Waals surface area contributed by atoms with Crippen LogP contribution in [0.1, 0.15) is 113 Å². The maximum atomic E-state index is 12.7. The predicted molar refractivity (Wildman–Crippen MR) is 145 cm³/mol. The minimum Gasteiger partial charge on any atom is -0.458 e. The number of carbonyl (C=O) groups is 4. The molecule has 0 aliphatic heterocycles. The Labute approximate surface area is 223 Å². The lowest BCUT2D eigenvalue weighted by Crippen LogP contribution is -2.50. The molecule has 0 bridgehead atoms. The van der Waals surface area contributed by atoms with Crippen LogP contribution < -0.4 is 21.7 Å². The van der Waals surface area contributed by atoms with Gasteiger partial charge in [-0.15, -0.1) is 0 Å². The first-order valence-electron chi connectivity index (χ1n) is 13.7. The fourth-order valence-electron chi connectivity index (χ4n) is 3.35. The summed E-state index contributed by atoms with van der Waals surface area (Å²) < 4.78 is 10.7. The van der Waals surface area contributed by atoms with Crippen molar-refractivity contribution in [3.63, 3.8) is 0 Å². The summed E-state index contributed by atoms with van der Waals surface area (Å²) in [6.45, 7) is 13.7. The van der Waals surface area contributed by atoms with Gasteiger partial charge >= 0.3 is 12.1 Å². The summed E-state index contributed by atoms with van der Waals surface area (Å²) >= 11 is 0. The number of nitrogens with one attached hydrogen (secondary N) is 3. The quantitative estimate of drug-likeness (QED) is 0.166. The van der Waals surface area contributed by atoms with Gasteiger partial charge in [-0.3, -0.25) is 9.59 Å². The van der Waals surface area contributed by atoms with Gasteiger partial charge in [-0.05, 0) is 86.5 Å². The van der Waals surface area contributed by atoms with E-state index in [9.17, 15) is 19.2 Å². The van der Waals surface area contributed by atoms with E-state index in [1.165, 1.54) is 0 Å². The van der Waals surface area contributed by atoms with E-state index >= 15 is 0 Å². The van der Waals surface area contributed by atoms with E-state index in [0.29, 0.717) is 58.0 Å². The van der Waals surface area contributed by atoms with Gasteiger partial charge in [0.25, 0.3) is 0 Å². The van der Waals surface area contributed by atoms with Gasteiger partial charge in [0, 0.05) is 19.5 Å². The molecule has 5 N–H and O–H groups in total. The van der Waals surface area contributed by atoms with Crippen LogP contribution in [0.4, 0.5) is 4.79 Å². The van der Waals surface area contributed by atoms with Gasteiger partial charge in [-0.2, -0.15) is 0 Å². The van der Waals surface area contributed by atoms with Crippen LogP contribution in [-0.2, 0) is 23.9 Å². The zero-order valence-corrected chi connectivity index (χ0v) is 24.2. The van der Waals surface area contributed by atoms with Crippen molar-refractivity contribution < 1.29 is 28.7 Å². The third kappa shape index (κ3) is 20.4. The van der Waals surface area contributed by atoms with E-state index in [0.717, 1.165) is 19.3 Å². The van der Waals surface area contributed by atoms with Gasteiger partial charge in [0.2, 0.25) is 11.8 Å². The molecule has 0 spiro atoms. The third-order valence-electron chi connectivity index (χ3n) is 5.20. The van der Waals surface area contributed by atoms with Gasteiger partial charge in [0.1, 0.15) is 17.2 Å². The predicted octanol–water partition coefficient (Wildman–Crippen LogP) is 3.70. The van der Waals surface area contributed by atoms with E-state index in [1.54, 1.807) is 41.5 Å². The van der Waals surface area contributed by atoms with Crippen molar-refractivity contribution in [2.45, 2.75) is 136 Å². The van der Waals surface area contributed by atoms with Gasteiger partial charge < -0.3 is 31.2 Å². The molecule has 0 aliphatic carbocycles. The molecule has 0 aromatic rings. The van der Waals surface area contributed by atoms with E-state index in [-0.39, 0.29) is 5.91 Å². The number of alkyl carbamates (subject to hydrolysis) is 1. The number of unbranched alkanes of at least 4 members (excludes halogenated alkanes) is 4. The Morgan fingerprint density at radius 1 is 0.757 bits per heavy atom. The topological polar surface area (TPSA) is 149 Å². The van der Waals surface area contributed by atoms with Crippen LogP contribution in [0.2, 0.25) is 0 Å². The zero-order valence-electron chi connectivity index (χ0n) is 24.2. The van der Waals surface area contributed by atoms with Crippen LogP contribution in [0, 0.1) is 0 Å². The van der Waals surface area contributed by atoms with Crippen LogP contribution in [0.15, 0.2) is 0 Å². The van der Waals surface area contributed by atoms with Gasteiger partial charge in [0.15, 0.2) is 0 Å². The Morgan fingerprint density at radius 2 is 1.32 bits per heavy atom. The number of hydrogen-bond donors (Lipinski definition) is 4. The van der Waals surface area contributed by atoms with E-state index in [2.05, 4.69) is 22.9 Å². The Kier molecular flexibility index (Phi) is 16.8. The molecular formula is C27H52N4O6. The molecular weight excluding hydrogens is 476 g/mol. The Morgan fingerprint density at radius 3 is 1.89 bits per heavy atom. The van der Waals surface area contributed by atoms with Crippen molar-refractivity contribution >= 4 is 23.9 Å². The highest BCUT2D eigenvalue weighted by Gasteiger charge is 2.28. The van der Waals surface area contributed by atoms with Crippen molar-refractivity contribution in [2.75, 3.05) is 13.1 Å². The number of ether oxygens (including phenoxy) is 2. The van der Waals surface area contributed by atoms with E-state index < -0.39 is 41.3 Å². The normalized spacial score (nSPS) is 13.3. The molecule has 0 aromatic carbocycles. The second kappa shape index (κ2) is 18.0. The van der Waals surface area contributed by atoms with Crippen LogP contribution >= 0.6 is 0 Å². The first-order chi connectivity index (χ1) is 17.1. The van der Waals surface area contributed by atoms with Crippen molar-refractivity contribution in [2.24, 2.45) is 5.73 Å². The molecule has 0 rings (SSSR count). The Balaban J connectivity index is 4.54. The molecule has 0 heterocycles. The highest BCUT2D eigenvalue weighted by molar-refractivity contribution is 5.87. The number of carbonyl (C=O) groups excluding carboxylic acids is 4. The number of rotatable bonds is 17. The molecule has 0 saturated heterocycles. The van der Waals surface area contributed by atoms with Crippen LogP contribution in [-0.4, -0.2) is 60.3 Å². The third-order valence-corrected chi connectivity index (χ3v) is 5.20. The molecule has 0 saturated carbocycles. The number of hydrogen-bond acceptors (Lipinski definition) is 7. The first kappa shape index (κ1) is 34.6. The summed E-state index contributed by atoms with van der Waals surface area (Å²) in [4.78, 5) is 48.9.